The van der Waals surface area contributed by atoms with Crippen LogP contribution in [-0.2, 0) is 9.53 Å². The monoisotopic (exact) mass is 194 g/mol. The van der Waals surface area contributed by atoms with Crippen molar-refractivity contribution in [2.75, 3.05) is 6.61 Å². The average molecular weight is 194 g/mol. The fourth-order valence-electron chi connectivity index (χ4n) is 0.661. The van der Waals surface area contributed by atoms with Crippen molar-refractivity contribution in [1.29, 1.82) is 0 Å². The van der Waals surface area contributed by atoms with Crippen LogP contribution in [-0.4, -0.2) is 23.8 Å². The maximum absolute atomic E-state index is 10.8. The van der Waals surface area contributed by atoms with Gasteiger partial charge >= 0.3 is 5.97 Å². The first-order valence-corrected chi connectivity index (χ1v) is 4.29. The van der Waals surface area contributed by atoms with E-state index in [1.165, 1.54) is 6.08 Å². The molecule has 0 aromatic heterocycles. The molecule has 0 aliphatic rings. The van der Waals surface area contributed by atoms with Gasteiger partial charge < -0.3 is 9.84 Å². The summed E-state index contributed by atoms with van der Waals surface area (Å²) >= 11 is 0. The van der Waals surface area contributed by atoms with Gasteiger partial charge in [-0.2, -0.15) is 0 Å². The zero-order valence-electron chi connectivity index (χ0n) is 8.03. The number of esters is 1. The quantitative estimate of drug-likeness (QED) is 0.308. The van der Waals surface area contributed by atoms with Crippen LogP contribution in [0.15, 0.2) is 25.3 Å². The van der Waals surface area contributed by atoms with E-state index in [-0.39, 0.29) is 6.61 Å². The van der Waals surface area contributed by atoms with Gasteiger partial charge in [-0.25, -0.2) is 4.79 Å². The Bertz CT molecular complexity index is 257. The molecule has 0 amide bonds. The zero-order valence-corrected chi connectivity index (χ0v) is 8.03. The molecule has 0 aromatic carbocycles. The third-order valence-electron chi connectivity index (χ3n) is 1.32. The first kappa shape index (κ1) is 12.5. The van der Waals surface area contributed by atoms with E-state index in [4.69, 9.17) is 0 Å². The maximum Gasteiger partial charge on any atom is 0.384 e. The van der Waals surface area contributed by atoms with E-state index in [2.05, 4.69) is 29.7 Å². The van der Waals surface area contributed by atoms with Crippen molar-refractivity contribution in [3.05, 3.63) is 25.3 Å². The summed E-state index contributed by atoms with van der Waals surface area (Å²) in [4.78, 5) is 10.8. The molecule has 1 N–H and O–H groups in total. The Kier molecular flexibility index (Phi) is 7.20. The van der Waals surface area contributed by atoms with Crippen molar-refractivity contribution in [1.82, 2.24) is 0 Å². The van der Waals surface area contributed by atoms with Crippen molar-refractivity contribution in [3.63, 3.8) is 0 Å². The van der Waals surface area contributed by atoms with Crippen LogP contribution in [0.2, 0.25) is 0 Å². The lowest BCUT2D eigenvalue weighted by molar-refractivity contribution is -0.135. The smallest absolute Gasteiger partial charge is 0.384 e. The Labute approximate surface area is 84.1 Å². The summed E-state index contributed by atoms with van der Waals surface area (Å²) in [6, 6.07) is 0. The van der Waals surface area contributed by atoms with Gasteiger partial charge in [0, 0.05) is 5.92 Å². The van der Waals surface area contributed by atoms with Gasteiger partial charge in [-0.3, -0.25) is 0 Å². The number of carbonyl (C=O) groups is 1. The van der Waals surface area contributed by atoms with Gasteiger partial charge in [-0.05, 0) is 12.8 Å². The Hall–Kier alpha value is -1.53. The fraction of sp³-hybridized carbons (Fsp3) is 0.364. The molecule has 0 saturated carbocycles. The third-order valence-corrected chi connectivity index (χ3v) is 1.32. The molecule has 3 heteroatoms. The lowest BCUT2D eigenvalue weighted by Crippen LogP contribution is -2.05. The van der Waals surface area contributed by atoms with Gasteiger partial charge in [0.1, 0.15) is 12.7 Å². The molecular weight excluding hydrogens is 180 g/mol. The van der Waals surface area contributed by atoms with Gasteiger partial charge in [-0.15, -0.1) is 6.58 Å². The number of hydrogen-bond donors (Lipinski definition) is 1. The Morgan fingerprint density at radius 1 is 1.50 bits per heavy atom. The van der Waals surface area contributed by atoms with Gasteiger partial charge in [0.05, 0.1) is 0 Å². The van der Waals surface area contributed by atoms with Crippen molar-refractivity contribution in [2.24, 2.45) is 0 Å². The average Bonchev–Trinajstić information content (AvgIpc) is 2.20. The highest BCUT2D eigenvalue weighted by molar-refractivity contribution is 5.88. The van der Waals surface area contributed by atoms with Crippen LogP contribution >= 0.6 is 0 Å². The fourth-order valence-corrected chi connectivity index (χ4v) is 0.661. The normalized spacial score (nSPS) is 10.6. The zero-order chi connectivity index (χ0) is 10.8. The Morgan fingerprint density at radius 2 is 2.21 bits per heavy atom. The van der Waals surface area contributed by atoms with Crippen molar-refractivity contribution in [2.45, 2.75) is 18.9 Å². The van der Waals surface area contributed by atoms with Crippen LogP contribution in [0.3, 0.4) is 0 Å². The second-order valence-electron chi connectivity index (χ2n) is 2.54. The van der Waals surface area contributed by atoms with E-state index in [9.17, 15) is 9.90 Å². The van der Waals surface area contributed by atoms with Crippen LogP contribution in [0.1, 0.15) is 12.8 Å². The summed E-state index contributed by atoms with van der Waals surface area (Å²) in [7, 11) is 0. The van der Waals surface area contributed by atoms with Crippen LogP contribution < -0.4 is 0 Å². The first-order chi connectivity index (χ1) is 6.70. The van der Waals surface area contributed by atoms with Crippen LogP contribution in [0.5, 0.6) is 0 Å². The summed E-state index contributed by atoms with van der Waals surface area (Å²) in [5, 5.41) is 9.21. The molecule has 14 heavy (non-hydrogen) atoms. The molecule has 0 radical (unpaired) electrons. The molecule has 0 fully saturated rings. The van der Waals surface area contributed by atoms with E-state index < -0.39 is 12.1 Å². The van der Waals surface area contributed by atoms with Crippen molar-refractivity contribution in [3.8, 4) is 11.8 Å². The first-order valence-electron chi connectivity index (χ1n) is 4.29. The van der Waals surface area contributed by atoms with E-state index in [0.29, 0.717) is 12.8 Å². The number of aliphatic hydroxyl groups is 1. The molecule has 0 saturated heterocycles. The molecule has 0 heterocycles. The Balaban J connectivity index is 3.82. The molecule has 76 valence electrons. The predicted molar refractivity (Wildman–Crippen MR) is 54.4 cm³/mol. The number of allylic oxidation sites excluding steroid dienone is 1. The minimum Gasteiger partial charge on any atom is -0.452 e. The summed E-state index contributed by atoms with van der Waals surface area (Å²) in [6.07, 6.45) is 3.47. The topological polar surface area (TPSA) is 46.5 Å². The molecule has 1 atom stereocenters. The molecule has 0 aromatic rings. The minimum atomic E-state index is -0.802. The van der Waals surface area contributed by atoms with Crippen molar-refractivity contribution < 1.29 is 14.6 Å². The lowest BCUT2D eigenvalue weighted by atomic mass is 10.2. The maximum atomic E-state index is 10.8. The second-order valence-corrected chi connectivity index (χ2v) is 2.54. The molecule has 0 aliphatic carbocycles. The SMILES string of the molecule is C=CCC[C@H](O)C#CC(=O)OCC=C. The number of hydrogen-bond acceptors (Lipinski definition) is 3. The summed E-state index contributed by atoms with van der Waals surface area (Å²) in [5.74, 6) is 3.91. The number of ether oxygens (including phenoxy) is 1. The van der Waals surface area contributed by atoms with Crippen LogP contribution in [0.25, 0.3) is 0 Å². The van der Waals surface area contributed by atoms with Crippen LogP contribution in [0.4, 0.5) is 0 Å². The highest BCUT2D eigenvalue weighted by Gasteiger charge is 1.98. The van der Waals surface area contributed by atoms with Crippen LogP contribution in [0, 0.1) is 11.8 Å². The molecule has 0 bridgehead atoms. The van der Waals surface area contributed by atoms with Crippen molar-refractivity contribution >= 4 is 5.97 Å². The van der Waals surface area contributed by atoms with Gasteiger partial charge in [0.15, 0.2) is 0 Å². The highest BCUT2D eigenvalue weighted by Crippen LogP contribution is 1.95. The van der Waals surface area contributed by atoms with E-state index in [0.717, 1.165) is 0 Å². The molecular formula is C11H14O3. The van der Waals surface area contributed by atoms with E-state index in [1.807, 2.05) is 0 Å². The molecule has 0 unspecified atom stereocenters. The largest absolute Gasteiger partial charge is 0.452 e. The Morgan fingerprint density at radius 3 is 2.79 bits per heavy atom. The standard InChI is InChI=1S/C11H14O3/c1-3-5-6-10(12)7-8-11(13)14-9-4-2/h3-4,10,12H,1-2,5-6,9H2/t10-/m0/s1. The number of rotatable bonds is 5. The third kappa shape index (κ3) is 7.14. The van der Waals surface area contributed by atoms with Gasteiger partial charge in [0.25, 0.3) is 0 Å². The summed E-state index contributed by atoms with van der Waals surface area (Å²) < 4.78 is 4.58. The molecule has 0 aliphatic heterocycles. The minimum absolute atomic E-state index is 0.135. The predicted octanol–water partition coefficient (Wildman–Crippen LogP) is 1.05. The highest BCUT2D eigenvalue weighted by atomic mass is 16.5. The molecule has 0 rings (SSSR count). The number of aliphatic hydroxyl groups excluding tert-OH is 1. The molecule has 3 nitrogen and oxygen atoms in total. The number of carbonyl (C=O) groups excluding carboxylic acids is 1. The lowest BCUT2D eigenvalue weighted by Gasteiger charge is -1.98. The van der Waals surface area contributed by atoms with E-state index >= 15 is 0 Å². The molecule has 0 spiro atoms. The second kappa shape index (κ2) is 8.09. The summed E-state index contributed by atoms with van der Waals surface area (Å²) in [5.41, 5.74) is 0. The summed E-state index contributed by atoms with van der Waals surface area (Å²) in [6.45, 7) is 7.02. The van der Waals surface area contributed by atoms with E-state index in [1.54, 1.807) is 6.08 Å². The van der Waals surface area contributed by atoms with Gasteiger partial charge in [-0.1, -0.05) is 24.7 Å². The van der Waals surface area contributed by atoms with Gasteiger partial charge in [0.2, 0.25) is 0 Å².